The summed E-state index contributed by atoms with van der Waals surface area (Å²) in [5, 5.41) is 0. The van der Waals surface area contributed by atoms with E-state index in [0.717, 1.165) is 50.0 Å². The quantitative estimate of drug-likeness (QED) is 0.390. The Bertz CT molecular complexity index is 1090. The molecule has 1 fully saturated rings. The maximum Gasteiger partial charge on any atom is 0.510 e. The molecule has 0 saturated carbocycles. The van der Waals surface area contributed by atoms with Crippen molar-refractivity contribution >= 4 is 17.5 Å². The average molecular weight is 519 g/mol. The van der Waals surface area contributed by atoms with Crippen molar-refractivity contribution in [2.24, 2.45) is 5.92 Å². The van der Waals surface area contributed by atoms with Crippen LogP contribution < -0.4 is 21.0 Å². The van der Waals surface area contributed by atoms with Gasteiger partial charge in [-0.25, -0.2) is 9.59 Å². The van der Waals surface area contributed by atoms with E-state index in [0.29, 0.717) is 12.1 Å². The van der Waals surface area contributed by atoms with Gasteiger partial charge in [0.1, 0.15) is 0 Å². The van der Waals surface area contributed by atoms with Crippen molar-refractivity contribution in [3.63, 3.8) is 0 Å². The smallest absolute Gasteiger partial charge is 0.434 e. The number of piperidine rings is 1. The van der Waals surface area contributed by atoms with Crippen molar-refractivity contribution in [3.05, 3.63) is 57.1 Å². The van der Waals surface area contributed by atoms with Crippen LogP contribution in [0, 0.1) is 11.7 Å². The Balaban J connectivity index is 1.38. The van der Waals surface area contributed by atoms with Crippen molar-refractivity contribution in [2.45, 2.75) is 65.5 Å². The van der Waals surface area contributed by atoms with E-state index >= 15 is 0 Å². The molecule has 0 bridgehead atoms. The predicted octanol–water partition coefficient (Wildman–Crippen LogP) is 4.50. The fraction of sp³-hybridized carbons (Fsp3) is 0.593. The number of unbranched alkanes of at least 4 members (excludes halogenated alkanes) is 2. The Morgan fingerprint density at radius 1 is 1.05 bits per heavy atom. The summed E-state index contributed by atoms with van der Waals surface area (Å²) in [5.41, 5.74) is 0.538. The topological polar surface area (TPSA) is 96.9 Å². The number of carbonyl (C=O) groups excluding carboxylic acids is 1. The van der Waals surface area contributed by atoms with Gasteiger partial charge in [0.05, 0.1) is 12.8 Å². The molecular formula is C27H39FN4O5. The molecule has 0 radical (unpaired) electrons. The van der Waals surface area contributed by atoms with Gasteiger partial charge in [0.25, 0.3) is 5.56 Å². The minimum Gasteiger partial charge on any atom is -0.434 e. The minimum absolute atomic E-state index is 0.207. The summed E-state index contributed by atoms with van der Waals surface area (Å²) in [6.45, 7) is 8.21. The number of aromatic amines is 1. The van der Waals surface area contributed by atoms with E-state index in [4.69, 9.17) is 9.47 Å². The van der Waals surface area contributed by atoms with Crippen molar-refractivity contribution in [1.29, 1.82) is 0 Å². The zero-order chi connectivity index (χ0) is 26.6. The Labute approximate surface area is 217 Å². The Morgan fingerprint density at radius 2 is 1.70 bits per heavy atom. The molecule has 1 aliphatic heterocycles. The number of carbonyl (C=O) groups is 1. The lowest BCUT2D eigenvalue weighted by atomic mass is 9.93. The second kappa shape index (κ2) is 14.4. The largest absolute Gasteiger partial charge is 0.510 e. The van der Waals surface area contributed by atoms with Crippen molar-refractivity contribution in [2.75, 3.05) is 42.6 Å². The molecule has 2 aromatic rings. The van der Waals surface area contributed by atoms with E-state index in [-0.39, 0.29) is 6.61 Å². The third-order valence-corrected chi connectivity index (χ3v) is 6.79. The number of rotatable bonds is 13. The van der Waals surface area contributed by atoms with Crippen LogP contribution in [0.2, 0.25) is 0 Å². The van der Waals surface area contributed by atoms with Crippen LogP contribution in [0.15, 0.2) is 40.1 Å². The zero-order valence-corrected chi connectivity index (χ0v) is 21.9. The zero-order valence-electron chi connectivity index (χ0n) is 21.9. The molecule has 1 aromatic carbocycles. The number of hydrogen-bond donors (Lipinski definition) is 1. The molecule has 9 nitrogen and oxygen atoms in total. The van der Waals surface area contributed by atoms with Crippen LogP contribution >= 0.6 is 0 Å². The SMILES string of the molecule is CCCCN(CCCC)c1ccc(N2CCC(CCOC(=O)OCn3cc(F)c(=O)[nH]c3=O)CC2)cc1. The number of benzene rings is 1. The van der Waals surface area contributed by atoms with Gasteiger partial charge in [0.2, 0.25) is 5.82 Å². The van der Waals surface area contributed by atoms with Crippen molar-refractivity contribution < 1.29 is 18.7 Å². The molecule has 0 spiro atoms. The van der Waals surface area contributed by atoms with Gasteiger partial charge >= 0.3 is 11.8 Å². The first kappa shape index (κ1) is 28.3. The third kappa shape index (κ3) is 8.65. The fourth-order valence-corrected chi connectivity index (χ4v) is 4.47. The highest BCUT2D eigenvalue weighted by atomic mass is 19.1. The summed E-state index contributed by atoms with van der Waals surface area (Å²) >= 11 is 0. The molecule has 0 atom stereocenters. The number of anilines is 2. The molecular weight excluding hydrogens is 479 g/mol. The highest BCUT2D eigenvalue weighted by Gasteiger charge is 2.20. The Morgan fingerprint density at radius 3 is 2.32 bits per heavy atom. The highest BCUT2D eigenvalue weighted by molar-refractivity contribution is 5.59. The molecule has 10 heteroatoms. The summed E-state index contributed by atoms with van der Waals surface area (Å²) in [7, 11) is 0. The molecule has 0 unspecified atom stereocenters. The van der Waals surface area contributed by atoms with Crippen LogP contribution in [0.4, 0.5) is 20.6 Å². The minimum atomic E-state index is -1.14. The van der Waals surface area contributed by atoms with Gasteiger partial charge in [-0.05, 0) is 62.3 Å². The first-order chi connectivity index (χ1) is 17.9. The first-order valence-corrected chi connectivity index (χ1v) is 13.3. The van der Waals surface area contributed by atoms with E-state index in [9.17, 15) is 18.8 Å². The van der Waals surface area contributed by atoms with E-state index in [1.165, 1.54) is 37.1 Å². The maximum atomic E-state index is 13.3. The first-order valence-electron chi connectivity index (χ1n) is 13.3. The van der Waals surface area contributed by atoms with Crippen LogP contribution in [-0.4, -0.2) is 48.5 Å². The Hall–Kier alpha value is -3.30. The number of H-pyrrole nitrogens is 1. The summed E-state index contributed by atoms with van der Waals surface area (Å²) < 4.78 is 24.0. The molecule has 2 heterocycles. The van der Waals surface area contributed by atoms with E-state index in [1.807, 2.05) is 0 Å². The van der Waals surface area contributed by atoms with E-state index in [2.05, 4.69) is 47.9 Å². The molecule has 1 saturated heterocycles. The van der Waals surface area contributed by atoms with Crippen LogP contribution in [-0.2, 0) is 16.2 Å². The van der Waals surface area contributed by atoms with Gasteiger partial charge in [0, 0.05) is 37.6 Å². The lowest BCUT2D eigenvalue weighted by Crippen LogP contribution is -2.34. The summed E-state index contributed by atoms with van der Waals surface area (Å²) in [5.74, 6) is -0.697. The Kier molecular flexibility index (Phi) is 11.0. The number of aromatic nitrogens is 2. The second-order valence-corrected chi connectivity index (χ2v) is 9.51. The summed E-state index contributed by atoms with van der Waals surface area (Å²) in [6, 6.07) is 8.92. The van der Waals surface area contributed by atoms with Crippen molar-refractivity contribution in [1.82, 2.24) is 9.55 Å². The molecule has 1 aliphatic rings. The average Bonchev–Trinajstić information content (AvgIpc) is 2.91. The third-order valence-electron chi connectivity index (χ3n) is 6.79. The number of halogens is 1. The molecule has 3 rings (SSSR count). The van der Waals surface area contributed by atoms with Crippen LogP contribution in [0.5, 0.6) is 0 Å². The van der Waals surface area contributed by atoms with Crippen LogP contribution in [0.1, 0.15) is 58.8 Å². The van der Waals surface area contributed by atoms with Gasteiger partial charge in [-0.3, -0.25) is 14.3 Å². The molecule has 0 amide bonds. The summed E-state index contributed by atoms with van der Waals surface area (Å²) in [6.07, 6.45) is 7.27. The van der Waals surface area contributed by atoms with Gasteiger partial charge in [0.15, 0.2) is 6.73 Å². The molecule has 1 N–H and O–H groups in total. The van der Waals surface area contributed by atoms with E-state index in [1.54, 1.807) is 4.98 Å². The molecule has 1 aromatic heterocycles. The standard InChI is InChI=1S/C27H39FN4O5/c1-3-5-14-30(15-6-4-2)22-7-9-23(10-8-22)31-16-11-21(12-17-31)13-18-36-27(35)37-20-32-19-24(28)25(33)29-26(32)34/h7-10,19,21H,3-6,11-18,20H2,1-2H3,(H,29,33,34). The molecule has 37 heavy (non-hydrogen) atoms. The van der Waals surface area contributed by atoms with Gasteiger partial charge in [-0.15, -0.1) is 0 Å². The number of nitrogens with zero attached hydrogens (tertiary/aromatic N) is 3. The predicted molar refractivity (Wildman–Crippen MR) is 142 cm³/mol. The number of nitrogens with one attached hydrogen (secondary N) is 1. The highest BCUT2D eigenvalue weighted by Crippen LogP contribution is 2.27. The van der Waals surface area contributed by atoms with E-state index < -0.39 is 30.0 Å². The van der Waals surface area contributed by atoms with Crippen molar-refractivity contribution in [3.8, 4) is 0 Å². The number of hydrogen-bond acceptors (Lipinski definition) is 7. The van der Waals surface area contributed by atoms with Crippen LogP contribution in [0.25, 0.3) is 0 Å². The lowest BCUT2D eigenvalue weighted by Gasteiger charge is -2.34. The molecule has 204 valence electrons. The fourth-order valence-electron chi connectivity index (χ4n) is 4.47. The summed E-state index contributed by atoms with van der Waals surface area (Å²) in [4.78, 5) is 41.1. The van der Waals surface area contributed by atoms with Gasteiger partial charge < -0.3 is 19.3 Å². The molecule has 0 aliphatic carbocycles. The van der Waals surface area contributed by atoms with Gasteiger partial charge in [-0.2, -0.15) is 4.39 Å². The van der Waals surface area contributed by atoms with Gasteiger partial charge in [-0.1, -0.05) is 26.7 Å². The van der Waals surface area contributed by atoms with Crippen LogP contribution in [0.3, 0.4) is 0 Å². The monoisotopic (exact) mass is 518 g/mol. The number of ether oxygens (including phenoxy) is 2. The normalized spacial score (nSPS) is 14.0. The second-order valence-electron chi connectivity index (χ2n) is 9.51. The maximum absolute atomic E-state index is 13.3. The lowest BCUT2D eigenvalue weighted by molar-refractivity contribution is 0.0286.